The molecule has 0 amide bonds. The van der Waals surface area contributed by atoms with Gasteiger partial charge in [0.05, 0.1) is 5.75 Å². The van der Waals surface area contributed by atoms with Gasteiger partial charge in [-0.2, -0.15) is 0 Å². The number of nitrogens with zero attached hydrogens (tertiary/aromatic N) is 1. The van der Waals surface area contributed by atoms with Crippen molar-refractivity contribution in [3.8, 4) is 0 Å². The highest BCUT2D eigenvalue weighted by atomic mass is 32.2. The summed E-state index contributed by atoms with van der Waals surface area (Å²) >= 11 is 0. The van der Waals surface area contributed by atoms with Crippen LogP contribution in [0.1, 0.15) is 27.2 Å². The largest absolute Gasteiger partial charge is 0.309 e. The third kappa shape index (κ3) is 4.39. The first kappa shape index (κ1) is 13.9. The number of hydrogen-bond donors (Lipinski definition) is 1. The van der Waals surface area contributed by atoms with Gasteiger partial charge in [-0.1, -0.05) is 6.92 Å². The molecule has 1 atom stereocenters. The Balaban J connectivity index is 2.59. The average Bonchev–Trinajstić information content (AvgIpc) is 2.12. The molecular weight excluding hydrogens is 224 g/mol. The van der Waals surface area contributed by atoms with Crippen LogP contribution in [-0.4, -0.2) is 56.5 Å². The molecule has 1 rings (SSSR count). The van der Waals surface area contributed by atoms with E-state index in [0.29, 0.717) is 12.6 Å². The second kappa shape index (κ2) is 5.02. The van der Waals surface area contributed by atoms with Crippen LogP contribution in [0.4, 0.5) is 0 Å². The SMILES string of the molecule is CCC1CNC(C)(C)CN1CCS(C)(=O)=O. The molecular formula is C11H24N2O2S. The number of nitrogens with one attached hydrogen (secondary N) is 1. The van der Waals surface area contributed by atoms with Gasteiger partial charge in [-0.15, -0.1) is 0 Å². The molecule has 16 heavy (non-hydrogen) atoms. The second-order valence-corrected chi connectivity index (χ2v) is 7.69. The quantitative estimate of drug-likeness (QED) is 0.787. The summed E-state index contributed by atoms with van der Waals surface area (Å²) < 4.78 is 22.4. The van der Waals surface area contributed by atoms with Crippen LogP contribution in [0.25, 0.3) is 0 Å². The molecule has 1 unspecified atom stereocenters. The lowest BCUT2D eigenvalue weighted by Crippen LogP contribution is -2.61. The Hall–Kier alpha value is -0.130. The van der Waals surface area contributed by atoms with Gasteiger partial charge in [-0.05, 0) is 20.3 Å². The Bertz CT molecular complexity index is 325. The van der Waals surface area contributed by atoms with Crippen LogP contribution in [0.2, 0.25) is 0 Å². The van der Waals surface area contributed by atoms with Gasteiger partial charge in [0.2, 0.25) is 0 Å². The fourth-order valence-corrected chi connectivity index (χ4v) is 2.73. The molecule has 4 nitrogen and oxygen atoms in total. The van der Waals surface area contributed by atoms with Crippen LogP contribution in [0, 0.1) is 0 Å². The minimum atomic E-state index is -2.85. The molecule has 0 spiro atoms. The maximum absolute atomic E-state index is 11.2. The van der Waals surface area contributed by atoms with Gasteiger partial charge in [-0.25, -0.2) is 8.42 Å². The van der Waals surface area contributed by atoms with Crippen molar-refractivity contribution in [3.05, 3.63) is 0 Å². The van der Waals surface area contributed by atoms with E-state index in [0.717, 1.165) is 19.5 Å². The van der Waals surface area contributed by atoms with Crippen molar-refractivity contribution in [1.82, 2.24) is 10.2 Å². The van der Waals surface area contributed by atoms with Gasteiger partial charge in [0.15, 0.2) is 0 Å². The van der Waals surface area contributed by atoms with Gasteiger partial charge < -0.3 is 5.32 Å². The van der Waals surface area contributed by atoms with Crippen molar-refractivity contribution < 1.29 is 8.42 Å². The van der Waals surface area contributed by atoms with Crippen molar-refractivity contribution in [2.45, 2.75) is 38.8 Å². The van der Waals surface area contributed by atoms with Crippen molar-refractivity contribution in [1.29, 1.82) is 0 Å². The molecule has 0 aliphatic carbocycles. The first-order valence-corrected chi connectivity index (χ1v) is 7.96. The second-order valence-electron chi connectivity index (χ2n) is 5.43. The molecule has 5 heteroatoms. The Kier molecular flexibility index (Phi) is 4.37. The van der Waals surface area contributed by atoms with Gasteiger partial charge in [0.1, 0.15) is 9.84 Å². The van der Waals surface area contributed by atoms with Crippen LogP contribution in [-0.2, 0) is 9.84 Å². The summed E-state index contributed by atoms with van der Waals surface area (Å²) in [5, 5.41) is 3.50. The number of hydrogen-bond acceptors (Lipinski definition) is 4. The zero-order chi connectivity index (χ0) is 12.4. The van der Waals surface area contributed by atoms with E-state index >= 15 is 0 Å². The van der Waals surface area contributed by atoms with Crippen molar-refractivity contribution >= 4 is 9.84 Å². The van der Waals surface area contributed by atoms with Gasteiger partial charge in [0.25, 0.3) is 0 Å². The summed E-state index contributed by atoms with van der Waals surface area (Å²) in [6.07, 6.45) is 2.37. The molecule has 0 saturated carbocycles. The van der Waals surface area contributed by atoms with Gasteiger partial charge >= 0.3 is 0 Å². The summed E-state index contributed by atoms with van der Waals surface area (Å²) in [6, 6.07) is 0.467. The molecule has 0 aromatic carbocycles. The summed E-state index contributed by atoms with van der Waals surface area (Å²) in [7, 11) is -2.85. The monoisotopic (exact) mass is 248 g/mol. The van der Waals surface area contributed by atoms with E-state index in [2.05, 4.69) is 31.0 Å². The molecule has 0 aromatic heterocycles. The smallest absolute Gasteiger partial charge is 0.148 e. The highest BCUT2D eigenvalue weighted by molar-refractivity contribution is 7.90. The fourth-order valence-electron chi connectivity index (χ4n) is 2.16. The lowest BCUT2D eigenvalue weighted by atomic mass is 9.98. The van der Waals surface area contributed by atoms with E-state index in [4.69, 9.17) is 0 Å². The Morgan fingerprint density at radius 3 is 2.56 bits per heavy atom. The Morgan fingerprint density at radius 2 is 2.06 bits per heavy atom. The number of rotatable bonds is 4. The minimum Gasteiger partial charge on any atom is -0.309 e. The van der Waals surface area contributed by atoms with E-state index in [1.54, 1.807) is 0 Å². The van der Waals surface area contributed by atoms with E-state index in [1.165, 1.54) is 6.26 Å². The summed E-state index contributed by atoms with van der Waals surface area (Å²) in [5.74, 6) is 0.263. The maximum atomic E-state index is 11.2. The molecule has 1 heterocycles. The van der Waals surface area contributed by atoms with Crippen LogP contribution in [0.5, 0.6) is 0 Å². The van der Waals surface area contributed by atoms with Gasteiger partial charge in [-0.3, -0.25) is 4.90 Å². The van der Waals surface area contributed by atoms with E-state index < -0.39 is 9.84 Å². The summed E-state index contributed by atoms with van der Waals surface area (Å²) in [5.41, 5.74) is 0.0865. The standard InChI is InChI=1S/C11H24N2O2S/c1-5-10-8-12-11(2,3)9-13(10)6-7-16(4,14)15/h10,12H,5-9H2,1-4H3. The summed E-state index contributed by atoms with van der Waals surface area (Å²) in [6.45, 7) is 8.99. The molecule has 1 fully saturated rings. The van der Waals surface area contributed by atoms with Crippen LogP contribution in [0.15, 0.2) is 0 Å². The Labute approximate surface area is 99.3 Å². The Morgan fingerprint density at radius 1 is 1.44 bits per heavy atom. The molecule has 96 valence electrons. The number of piperazine rings is 1. The van der Waals surface area contributed by atoms with E-state index in [1.807, 2.05) is 0 Å². The normalized spacial score (nSPS) is 26.9. The molecule has 0 bridgehead atoms. The molecule has 1 aliphatic rings. The first-order chi connectivity index (χ1) is 7.23. The highest BCUT2D eigenvalue weighted by Gasteiger charge is 2.31. The fraction of sp³-hybridized carbons (Fsp3) is 1.00. The van der Waals surface area contributed by atoms with E-state index in [-0.39, 0.29) is 11.3 Å². The molecule has 1 saturated heterocycles. The van der Waals surface area contributed by atoms with Crippen LogP contribution < -0.4 is 5.32 Å². The first-order valence-electron chi connectivity index (χ1n) is 5.90. The van der Waals surface area contributed by atoms with Crippen LogP contribution in [0.3, 0.4) is 0 Å². The van der Waals surface area contributed by atoms with Crippen molar-refractivity contribution in [2.75, 3.05) is 31.6 Å². The lowest BCUT2D eigenvalue weighted by molar-refractivity contribution is 0.0991. The zero-order valence-corrected chi connectivity index (χ0v) is 11.6. The van der Waals surface area contributed by atoms with Crippen molar-refractivity contribution in [2.24, 2.45) is 0 Å². The topological polar surface area (TPSA) is 49.4 Å². The molecule has 0 aromatic rings. The van der Waals surface area contributed by atoms with Crippen molar-refractivity contribution in [3.63, 3.8) is 0 Å². The van der Waals surface area contributed by atoms with Gasteiger partial charge in [0, 0.05) is 37.5 Å². The summed E-state index contributed by atoms with van der Waals surface area (Å²) in [4.78, 5) is 2.30. The lowest BCUT2D eigenvalue weighted by Gasteiger charge is -2.44. The third-order valence-electron chi connectivity index (χ3n) is 3.15. The predicted octanol–water partition coefficient (Wildman–Crippen LogP) is 0.493. The molecule has 0 radical (unpaired) electrons. The molecule has 1 N–H and O–H groups in total. The average molecular weight is 248 g/mol. The predicted molar refractivity (Wildman–Crippen MR) is 67.4 cm³/mol. The minimum absolute atomic E-state index is 0.0865. The van der Waals surface area contributed by atoms with Crippen LogP contribution >= 0.6 is 0 Å². The highest BCUT2D eigenvalue weighted by Crippen LogP contribution is 2.16. The molecule has 1 aliphatic heterocycles. The zero-order valence-electron chi connectivity index (χ0n) is 10.8. The number of sulfone groups is 1. The van der Waals surface area contributed by atoms with E-state index in [9.17, 15) is 8.42 Å². The maximum Gasteiger partial charge on any atom is 0.148 e. The third-order valence-corrected chi connectivity index (χ3v) is 4.08.